The van der Waals surface area contributed by atoms with Crippen molar-refractivity contribution in [2.24, 2.45) is 0 Å². The molecule has 146 valence electrons. The van der Waals surface area contributed by atoms with Crippen molar-refractivity contribution in [2.75, 3.05) is 13.2 Å². The Morgan fingerprint density at radius 1 is 0.852 bits per heavy atom. The average molecular weight is 368 g/mol. The number of hydrogen-bond acceptors (Lipinski definition) is 3. The van der Waals surface area contributed by atoms with Crippen LogP contribution in [-0.4, -0.2) is 35.1 Å². The van der Waals surface area contributed by atoms with Crippen molar-refractivity contribution >= 4 is 5.97 Å². The van der Waals surface area contributed by atoms with Gasteiger partial charge in [0.1, 0.15) is 0 Å². The van der Waals surface area contributed by atoms with E-state index >= 15 is 0 Å². The topological polar surface area (TPSA) is 29.5 Å². The normalized spacial score (nSPS) is 13.4. The zero-order valence-electron chi connectivity index (χ0n) is 17.5. The third-order valence-corrected chi connectivity index (χ3v) is 4.72. The van der Waals surface area contributed by atoms with E-state index in [0.29, 0.717) is 12.2 Å². The molecule has 1 unspecified atom stereocenters. The van der Waals surface area contributed by atoms with Crippen LogP contribution in [0.4, 0.5) is 0 Å². The van der Waals surface area contributed by atoms with E-state index in [1.165, 1.54) is 5.56 Å². The number of esters is 1. The van der Waals surface area contributed by atoms with Gasteiger partial charge < -0.3 is 4.74 Å². The first-order chi connectivity index (χ1) is 12.6. The van der Waals surface area contributed by atoms with E-state index in [1.807, 2.05) is 36.4 Å². The van der Waals surface area contributed by atoms with Gasteiger partial charge >= 0.3 is 5.97 Å². The summed E-state index contributed by atoms with van der Waals surface area (Å²) in [5.41, 5.74) is 1.80. The molecule has 0 aliphatic rings. The average Bonchev–Trinajstić information content (AvgIpc) is 2.61. The third-order valence-electron chi connectivity index (χ3n) is 4.72. The van der Waals surface area contributed by atoms with E-state index in [4.69, 9.17) is 4.74 Å². The van der Waals surface area contributed by atoms with Gasteiger partial charge in [-0.1, -0.05) is 48.5 Å². The highest BCUT2D eigenvalue weighted by atomic mass is 16.5. The molecule has 2 rings (SSSR count). The lowest BCUT2D eigenvalue weighted by molar-refractivity contribution is 0.0170. The summed E-state index contributed by atoms with van der Waals surface area (Å²) in [6.45, 7) is 14.6. The third kappa shape index (κ3) is 6.21. The molecule has 0 saturated heterocycles. The molecule has 0 aliphatic carbocycles. The van der Waals surface area contributed by atoms with Gasteiger partial charge in [-0.2, -0.15) is 0 Å². The first kappa shape index (κ1) is 21.2. The Balaban J connectivity index is 2.20. The Bertz CT molecular complexity index is 698. The van der Waals surface area contributed by atoms with Gasteiger partial charge in [0.2, 0.25) is 0 Å². The summed E-state index contributed by atoms with van der Waals surface area (Å²) in [5, 5.41) is 0. The van der Waals surface area contributed by atoms with Crippen LogP contribution in [0.25, 0.3) is 0 Å². The lowest BCUT2D eigenvalue weighted by Crippen LogP contribution is -2.54. The van der Waals surface area contributed by atoms with Crippen LogP contribution in [0.3, 0.4) is 0 Å². The van der Waals surface area contributed by atoms with Crippen LogP contribution in [0.1, 0.15) is 63.4 Å². The second kappa shape index (κ2) is 8.71. The van der Waals surface area contributed by atoms with E-state index in [2.05, 4.69) is 58.6 Å². The molecule has 0 fully saturated rings. The molecule has 2 aromatic carbocycles. The molecule has 0 aromatic heterocycles. The van der Waals surface area contributed by atoms with Crippen molar-refractivity contribution in [1.82, 2.24) is 4.90 Å². The Morgan fingerprint density at radius 3 is 1.81 bits per heavy atom. The highest BCUT2D eigenvalue weighted by Gasteiger charge is 2.33. The quantitative estimate of drug-likeness (QED) is 0.629. The van der Waals surface area contributed by atoms with Gasteiger partial charge in [0.05, 0.1) is 12.2 Å². The molecular formula is C24H33NO2. The van der Waals surface area contributed by atoms with E-state index in [-0.39, 0.29) is 23.0 Å². The van der Waals surface area contributed by atoms with Crippen molar-refractivity contribution in [2.45, 2.75) is 58.5 Å². The number of benzene rings is 2. The Labute approximate surface area is 164 Å². The first-order valence-electron chi connectivity index (χ1n) is 9.64. The van der Waals surface area contributed by atoms with Gasteiger partial charge in [-0.15, -0.1) is 0 Å². The SMILES string of the molecule is CC(C)(C)N(CC(COC(=O)c1ccccc1)c1ccccc1)C(C)(C)C. The standard InChI is InChI=1S/C24H33NO2/c1-23(2,3)25(24(4,5)6)17-21(19-13-9-7-10-14-19)18-27-22(26)20-15-11-8-12-16-20/h7-16,21H,17-18H2,1-6H3. The van der Waals surface area contributed by atoms with Crippen molar-refractivity contribution < 1.29 is 9.53 Å². The summed E-state index contributed by atoms with van der Waals surface area (Å²) in [6.07, 6.45) is 0. The molecule has 0 amide bonds. The fourth-order valence-electron chi connectivity index (χ4n) is 3.59. The van der Waals surface area contributed by atoms with Crippen molar-refractivity contribution in [3.05, 3.63) is 71.8 Å². The van der Waals surface area contributed by atoms with E-state index in [0.717, 1.165) is 6.54 Å². The van der Waals surface area contributed by atoms with Crippen molar-refractivity contribution in [1.29, 1.82) is 0 Å². The summed E-state index contributed by atoms with van der Waals surface area (Å²) in [4.78, 5) is 14.9. The fraction of sp³-hybridized carbons (Fsp3) is 0.458. The molecule has 0 bridgehead atoms. The minimum Gasteiger partial charge on any atom is -0.461 e. The second-order valence-electron chi connectivity index (χ2n) is 9.02. The number of carbonyl (C=O) groups is 1. The van der Waals surface area contributed by atoms with Crippen molar-refractivity contribution in [3.63, 3.8) is 0 Å². The highest BCUT2D eigenvalue weighted by Crippen LogP contribution is 2.29. The summed E-state index contributed by atoms with van der Waals surface area (Å²) >= 11 is 0. The molecule has 3 nitrogen and oxygen atoms in total. The molecule has 3 heteroatoms. The summed E-state index contributed by atoms with van der Waals surface area (Å²) in [6, 6.07) is 19.5. The van der Waals surface area contributed by atoms with Crippen LogP contribution in [0.2, 0.25) is 0 Å². The smallest absolute Gasteiger partial charge is 0.338 e. The number of hydrogen-bond donors (Lipinski definition) is 0. The minimum atomic E-state index is -0.269. The Morgan fingerprint density at radius 2 is 1.33 bits per heavy atom. The number of carbonyl (C=O) groups excluding carboxylic acids is 1. The molecule has 27 heavy (non-hydrogen) atoms. The summed E-state index contributed by atoms with van der Waals surface area (Å²) < 4.78 is 5.71. The molecule has 0 spiro atoms. The van der Waals surface area contributed by atoms with Crippen LogP contribution in [0.5, 0.6) is 0 Å². The molecular weight excluding hydrogens is 334 g/mol. The van der Waals surface area contributed by atoms with Crippen LogP contribution >= 0.6 is 0 Å². The van der Waals surface area contributed by atoms with E-state index < -0.39 is 0 Å². The lowest BCUT2D eigenvalue weighted by Gasteiger charge is -2.47. The molecule has 0 radical (unpaired) electrons. The van der Waals surface area contributed by atoms with Gasteiger partial charge in [0, 0.05) is 23.5 Å². The van der Waals surface area contributed by atoms with Crippen LogP contribution < -0.4 is 0 Å². The van der Waals surface area contributed by atoms with Gasteiger partial charge in [-0.25, -0.2) is 4.79 Å². The zero-order valence-corrected chi connectivity index (χ0v) is 17.5. The molecule has 1 atom stereocenters. The molecule has 2 aromatic rings. The second-order valence-corrected chi connectivity index (χ2v) is 9.02. The van der Waals surface area contributed by atoms with Crippen LogP contribution in [-0.2, 0) is 4.74 Å². The zero-order chi connectivity index (χ0) is 20.1. The predicted molar refractivity (Wildman–Crippen MR) is 112 cm³/mol. The first-order valence-corrected chi connectivity index (χ1v) is 9.64. The van der Waals surface area contributed by atoms with Crippen LogP contribution in [0.15, 0.2) is 60.7 Å². The van der Waals surface area contributed by atoms with Gasteiger partial charge in [-0.3, -0.25) is 4.90 Å². The van der Waals surface area contributed by atoms with Crippen LogP contribution in [0, 0.1) is 0 Å². The fourth-order valence-corrected chi connectivity index (χ4v) is 3.59. The number of rotatable bonds is 6. The minimum absolute atomic E-state index is 0.00865. The Kier molecular flexibility index (Phi) is 6.83. The maximum atomic E-state index is 12.4. The number of ether oxygens (including phenoxy) is 1. The largest absolute Gasteiger partial charge is 0.461 e. The molecule has 0 N–H and O–H groups in total. The maximum Gasteiger partial charge on any atom is 0.338 e. The van der Waals surface area contributed by atoms with Gasteiger partial charge in [0.25, 0.3) is 0 Å². The molecule has 0 aliphatic heterocycles. The number of nitrogens with zero attached hydrogens (tertiary/aromatic N) is 1. The van der Waals surface area contributed by atoms with Gasteiger partial charge in [-0.05, 0) is 59.2 Å². The van der Waals surface area contributed by atoms with E-state index in [1.54, 1.807) is 12.1 Å². The monoisotopic (exact) mass is 367 g/mol. The molecule has 0 saturated carbocycles. The Hall–Kier alpha value is -2.13. The van der Waals surface area contributed by atoms with Crippen molar-refractivity contribution in [3.8, 4) is 0 Å². The highest BCUT2D eigenvalue weighted by molar-refractivity contribution is 5.89. The van der Waals surface area contributed by atoms with E-state index in [9.17, 15) is 4.79 Å². The predicted octanol–water partition coefficient (Wildman–Crippen LogP) is 5.53. The molecule has 0 heterocycles. The van der Waals surface area contributed by atoms with Gasteiger partial charge in [0.15, 0.2) is 0 Å². The summed E-state index contributed by atoms with van der Waals surface area (Å²) in [7, 11) is 0. The lowest BCUT2D eigenvalue weighted by atomic mass is 9.91. The maximum absolute atomic E-state index is 12.4. The summed E-state index contributed by atoms with van der Waals surface area (Å²) in [5.74, 6) is -0.160.